The van der Waals surface area contributed by atoms with Crippen LogP contribution in [0.25, 0.3) is 0 Å². The van der Waals surface area contributed by atoms with Crippen LogP contribution < -0.4 is 20.4 Å². The highest BCUT2D eigenvalue weighted by atomic mass is 32.2. The lowest BCUT2D eigenvalue weighted by Gasteiger charge is -2.31. The number of benzene rings is 4. The highest BCUT2D eigenvalue weighted by Crippen LogP contribution is 2.38. The standard InChI is InChI=1S/2C18H22N2S/c2*1-14-7-8-17(15(2)13-14)21-18-6-4-3-5-16(18)20-11-9-19-10-12-20/h2*3-8,13,19H,9-12H2,1-2H3. The minimum atomic E-state index is 1.07. The van der Waals surface area contributed by atoms with E-state index in [-0.39, 0.29) is 0 Å². The van der Waals surface area contributed by atoms with Crippen molar-refractivity contribution in [1.82, 2.24) is 10.6 Å². The van der Waals surface area contributed by atoms with Crippen molar-refractivity contribution >= 4 is 34.9 Å². The Morgan fingerprint density at radius 2 is 0.857 bits per heavy atom. The summed E-state index contributed by atoms with van der Waals surface area (Å²) >= 11 is 3.76. The molecule has 2 aliphatic heterocycles. The maximum Gasteiger partial charge on any atom is 0.0508 e. The third-order valence-electron chi connectivity index (χ3n) is 7.75. The molecule has 0 saturated carbocycles. The van der Waals surface area contributed by atoms with Gasteiger partial charge in [0.1, 0.15) is 0 Å². The van der Waals surface area contributed by atoms with Crippen LogP contribution in [-0.4, -0.2) is 52.4 Å². The fourth-order valence-electron chi connectivity index (χ4n) is 5.49. The fourth-order valence-corrected chi connectivity index (χ4v) is 7.57. The van der Waals surface area contributed by atoms with E-state index in [0.717, 1.165) is 52.4 Å². The summed E-state index contributed by atoms with van der Waals surface area (Å²) in [5.41, 5.74) is 8.10. The van der Waals surface area contributed by atoms with E-state index in [1.165, 1.54) is 53.2 Å². The Morgan fingerprint density at radius 3 is 1.24 bits per heavy atom. The third kappa shape index (κ3) is 8.13. The Bertz CT molecular complexity index is 1350. The van der Waals surface area contributed by atoms with Crippen LogP contribution in [0.15, 0.2) is 105 Å². The summed E-state index contributed by atoms with van der Waals surface area (Å²) < 4.78 is 0. The fraction of sp³-hybridized carbons (Fsp3) is 0.333. The molecule has 0 atom stereocenters. The molecule has 4 aromatic rings. The van der Waals surface area contributed by atoms with E-state index in [0.29, 0.717) is 0 Å². The summed E-state index contributed by atoms with van der Waals surface area (Å²) in [6.45, 7) is 17.3. The molecule has 0 amide bonds. The summed E-state index contributed by atoms with van der Waals surface area (Å²) in [7, 11) is 0. The smallest absolute Gasteiger partial charge is 0.0508 e. The van der Waals surface area contributed by atoms with Gasteiger partial charge >= 0.3 is 0 Å². The van der Waals surface area contributed by atoms with E-state index in [9.17, 15) is 0 Å². The van der Waals surface area contributed by atoms with Crippen molar-refractivity contribution in [3.05, 3.63) is 107 Å². The average Bonchev–Trinajstić information content (AvgIpc) is 3.02. The molecule has 0 spiro atoms. The van der Waals surface area contributed by atoms with Gasteiger partial charge in [-0.25, -0.2) is 0 Å². The molecule has 42 heavy (non-hydrogen) atoms. The number of hydrogen-bond acceptors (Lipinski definition) is 6. The number of nitrogens with zero attached hydrogens (tertiary/aromatic N) is 2. The van der Waals surface area contributed by atoms with Crippen molar-refractivity contribution in [2.75, 3.05) is 62.2 Å². The first kappa shape index (κ1) is 30.6. The zero-order chi connectivity index (χ0) is 29.3. The minimum absolute atomic E-state index is 1.07. The summed E-state index contributed by atoms with van der Waals surface area (Å²) in [4.78, 5) is 10.4. The molecule has 0 unspecified atom stereocenters. The number of para-hydroxylation sites is 2. The lowest BCUT2D eigenvalue weighted by atomic mass is 10.2. The van der Waals surface area contributed by atoms with Crippen LogP contribution in [0, 0.1) is 27.7 Å². The zero-order valence-electron chi connectivity index (χ0n) is 25.5. The molecule has 6 rings (SSSR count). The number of hydrogen-bond donors (Lipinski definition) is 2. The molecule has 2 saturated heterocycles. The van der Waals surface area contributed by atoms with Gasteiger partial charge in [-0.15, -0.1) is 0 Å². The third-order valence-corrected chi connectivity index (χ3v) is 10.2. The topological polar surface area (TPSA) is 30.5 Å². The van der Waals surface area contributed by atoms with Crippen LogP contribution in [0.3, 0.4) is 0 Å². The van der Waals surface area contributed by atoms with Gasteiger partial charge in [0.05, 0.1) is 11.4 Å². The van der Waals surface area contributed by atoms with E-state index >= 15 is 0 Å². The number of piperazine rings is 2. The van der Waals surface area contributed by atoms with Gasteiger partial charge in [-0.05, 0) is 75.2 Å². The molecular formula is C36H44N4S2. The van der Waals surface area contributed by atoms with Crippen LogP contribution in [0.4, 0.5) is 11.4 Å². The lowest BCUT2D eigenvalue weighted by Crippen LogP contribution is -2.43. The normalized spacial score (nSPS) is 15.2. The molecule has 4 nitrogen and oxygen atoms in total. The SMILES string of the molecule is Cc1ccc(Sc2ccccc2N2CCNCC2)c(C)c1.Cc1ccc(Sc2ccccc2N2CCNCC2)c(C)c1. The quantitative estimate of drug-likeness (QED) is 0.237. The Morgan fingerprint density at radius 1 is 0.476 bits per heavy atom. The van der Waals surface area contributed by atoms with E-state index in [4.69, 9.17) is 0 Å². The summed E-state index contributed by atoms with van der Waals surface area (Å²) in [5, 5.41) is 6.84. The average molecular weight is 597 g/mol. The second kappa shape index (κ2) is 15.0. The highest BCUT2D eigenvalue weighted by Gasteiger charge is 2.16. The van der Waals surface area contributed by atoms with E-state index in [1.54, 1.807) is 0 Å². The Kier molecular flexibility index (Phi) is 10.9. The highest BCUT2D eigenvalue weighted by molar-refractivity contribution is 7.99. The van der Waals surface area contributed by atoms with Gasteiger partial charge in [-0.2, -0.15) is 0 Å². The minimum Gasteiger partial charge on any atom is -0.368 e. The maximum absolute atomic E-state index is 3.42. The summed E-state index contributed by atoms with van der Waals surface area (Å²) in [6.07, 6.45) is 0. The van der Waals surface area contributed by atoms with E-state index < -0.39 is 0 Å². The monoisotopic (exact) mass is 596 g/mol. The van der Waals surface area contributed by atoms with Gasteiger partial charge in [-0.1, -0.05) is 83.2 Å². The van der Waals surface area contributed by atoms with Crippen molar-refractivity contribution in [3.63, 3.8) is 0 Å². The van der Waals surface area contributed by atoms with Crippen LogP contribution in [-0.2, 0) is 0 Å². The molecular weight excluding hydrogens is 553 g/mol. The molecule has 2 N–H and O–H groups in total. The van der Waals surface area contributed by atoms with E-state index in [1.807, 2.05) is 23.5 Å². The molecule has 0 aromatic heterocycles. The molecule has 0 radical (unpaired) electrons. The van der Waals surface area contributed by atoms with Gasteiger partial charge in [-0.3, -0.25) is 0 Å². The Hall–Kier alpha value is -2.90. The van der Waals surface area contributed by atoms with Crippen LogP contribution in [0.1, 0.15) is 22.3 Å². The molecule has 0 aliphatic carbocycles. The molecule has 2 fully saturated rings. The number of rotatable bonds is 6. The molecule has 4 aromatic carbocycles. The second-order valence-electron chi connectivity index (χ2n) is 11.2. The maximum atomic E-state index is 3.42. The van der Waals surface area contributed by atoms with Crippen molar-refractivity contribution in [2.45, 2.75) is 47.3 Å². The van der Waals surface area contributed by atoms with Gasteiger partial charge < -0.3 is 20.4 Å². The summed E-state index contributed by atoms with van der Waals surface area (Å²) in [6, 6.07) is 30.9. The summed E-state index contributed by atoms with van der Waals surface area (Å²) in [5.74, 6) is 0. The molecule has 220 valence electrons. The first-order valence-corrected chi connectivity index (χ1v) is 16.7. The van der Waals surface area contributed by atoms with Crippen molar-refractivity contribution in [3.8, 4) is 0 Å². The number of aryl methyl sites for hydroxylation is 4. The Labute approximate surface area is 261 Å². The van der Waals surface area contributed by atoms with E-state index in [2.05, 4.69) is 133 Å². The Balaban J connectivity index is 0.000000168. The van der Waals surface area contributed by atoms with Crippen LogP contribution in [0.2, 0.25) is 0 Å². The molecule has 2 heterocycles. The number of anilines is 2. The largest absolute Gasteiger partial charge is 0.368 e. The molecule has 0 bridgehead atoms. The lowest BCUT2D eigenvalue weighted by molar-refractivity contribution is 0.587. The van der Waals surface area contributed by atoms with Crippen molar-refractivity contribution in [1.29, 1.82) is 0 Å². The van der Waals surface area contributed by atoms with Crippen LogP contribution >= 0.6 is 23.5 Å². The number of nitrogens with one attached hydrogen (secondary N) is 2. The van der Waals surface area contributed by atoms with Crippen LogP contribution in [0.5, 0.6) is 0 Å². The second-order valence-corrected chi connectivity index (χ2v) is 13.3. The first-order valence-electron chi connectivity index (χ1n) is 15.1. The zero-order valence-corrected chi connectivity index (χ0v) is 27.1. The predicted molar refractivity (Wildman–Crippen MR) is 183 cm³/mol. The van der Waals surface area contributed by atoms with Crippen molar-refractivity contribution < 1.29 is 0 Å². The first-order chi connectivity index (χ1) is 20.5. The molecule has 6 heteroatoms. The molecule has 2 aliphatic rings. The predicted octanol–water partition coefficient (Wildman–Crippen LogP) is 7.73. The van der Waals surface area contributed by atoms with Gasteiger partial charge in [0.25, 0.3) is 0 Å². The van der Waals surface area contributed by atoms with Gasteiger partial charge in [0.15, 0.2) is 0 Å². The van der Waals surface area contributed by atoms with Crippen molar-refractivity contribution in [2.24, 2.45) is 0 Å². The van der Waals surface area contributed by atoms with Gasteiger partial charge in [0.2, 0.25) is 0 Å². The van der Waals surface area contributed by atoms with Gasteiger partial charge in [0, 0.05) is 71.9 Å².